The van der Waals surface area contributed by atoms with Crippen molar-refractivity contribution in [2.24, 2.45) is 0 Å². The first-order chi connectivity index (χ1) is 15.3. The van der Waals surface area contributed by atoms with E-state index in [0.717, 1.165) is 17.0 Å². The molecule has 154 valence electrons. The van der Waals surface area contributed by atoms with Crippen molar-refractivity contribution in [3.8, 4) is 5.75 Å². The number of hydrogen-bond acceptors (Lipinski definition) is 3. The largest absolute Gasteiger partial charge is 0.497 e. The quantitative estimate of drug-likeness (QED) is 0.367. The van der Waals surface area contributed by atoms with E-state index in [1.165, 1.54) is 11.1 Å². The van der Waals surface area contributed by atoms with Crippen LogP contribution < -0.4 is 9.64 Å². The average molecular weight is 408 g/mol. The number of anilines is 1. The molecule has 0 amide bonds. The predicted molar refractivity (Wildman–Crippen MR) is 124 cm³/mol. The van der Waals surface area contributed by atoms with Crippen LogP contribution in [0.5, 0.6) is 5.75 Å². The number of nitrogens with zero attached hydrogens (tertiary/aromatic N) is 1. The molecule has 1 fully saturated rings. The lowest BCUT2D eigenvalue weighted by molar-refractivity contribution is 0.0404. The zero-order valence-electron chi connectivity index (χ0n) is 17.5. The molecule has 0 N–H and O–H groups in total. The van der Waals surface area contributed by atoms with Crippen LogP contribution in [-0.2, 0) is 4.74 Å². The molecule has 1 aliphatic heterocycles. The Morgan fingerprint density at radius 1 is 0.613 bits per heavy atom. The number of methoxy groups -OCH3 is 1. The molecule has 3 atom stereocenters. The predicted octanol–water partition coefficient (Wildman–Crippen LogP) is 6.71. The van der Waals surface area contributed by atoms with Crippen LogP contribution in [-0.4, -0.2) is 7.11 Å². The van der Waals surface area contributed by atoms with Crippen molar-refractivity contribution in [2.45, 2.75) is 18.4 Å². The molecule has 1 saturated heterocycles. The van der Waals surface area contributed by atoms with Crippen molar-refractivity contribution >= 4 is 5.69 Å². The summed E-state index contributed by atoms with van der Waals surface area (Å²) in [5.74, 6) is 0.844. The summed E-state index contributed by atoms with van der Waals surface area (Å²) >= 11 is 0. The highest BCUT2D eigenvalue weighted by Gasteiger charge is 2.44. The lowest BCUT2D eigenvalue weighted by Gasteiger charge is -2.32. The van der Waals surface area contributed by atoms with E-state index in [2.05, 4.69) is 95.9 Å². The molecular formula is C28H25NO2. The maximum Gasteiger partial charge on any atom is 0.158 e. The Balaban J connectivity index is 1.67. The normalized spacial score (nSPS) is 20.5. The minimum absolute atomic E-state index is 0.0298. The van der Waals surface area contributed by atoms with Crippen LogP contribution >= 0.6 is 0 Å². The molecule has 3 heteroatoms. The van der Waals surface area contributed by atoms with Crippen molar-refractivity contribution in [3.05, 3.63) is 132 Å². The highest BCUT2D eigenvalue weighted by molar-refractivity contribution is 5.55. The second kappa shape index (κ2) is 8.66. The summed E-state index contributed by atoms with van der Waals surface area (Å²) in [7, 11) is 1.69. The lowest BCUT2D eigenvalue weighted by atomic mass is 9.94. The van der Waals surface area contributed by atoms with Gasteiger partial charge in [0.2, 0.25) is 0 Å². The Morgan fingerprint density at radius 3 is 1.68 bits per heavy atom. The first-order valence-corrected chi connectivity index (χ1v) is 10.6. The van der Waals surface area contributed by atoms with Gasteiger partial charge in [0.05, 0.1) is 13.2 Å². The van der Waals surface area contributed by atoms with Crippen LogP contribution in [0.1, 0.15) is 35.1 Å². The van der Waals surface area contributed by atoms with E-state index in [4.69, 9.17) is 9.47 Å². The molecule has 0 aromatic heterocycles. The van der Waals surface area contributed by atoms with E-state index in [1.807, 2.05) is 24.3 Å². The molecule has 0 saturated carbocycles. The number of ether oxygens (including phenoxy) is 2. The molecule has 0 aliphatic carbocycles. The highest BCUT2D eigenvalue weighted by Crippen LogP contribution is 2.52. The fourth-order valence-corrected chi connectivity index (χ4v) is 4.37. The van der Waals surface area contributed by atoms with Gasteiger partial charge >= 0.3 is 0 Å². The van der Waals surface area contributed by atoms with E-state index < -0.39 is 0 Å². The van der Waals surface area contributed by atoms with E-state index >= 15 is 0 Å². The smallest absolute Gasteiger partial charge is 0.158 e. The molecular weight excluding hydrogens is 382 g/mol. The maximum absolute atomic E-state index is 6.82. The molecule has 3 nitrogen and oxygen atoms in total. The second-order valence-corrected chi connectivity index (χ2v) is 7.69. The number of benzene rings is 4. The van der Waals surface area contributed by atoms with Gasteiger partial charge in [-0.1, -0.05) is 91.0 Å². The van der Waals surface area contributed by atoms with E-state index in [9.17, 15) is 0 Å². The Hall–Kier alpha value is -3.56. The van der Waals surface area contributed by atoms with E-state index in [0.29, 0.717) is 0 Å². The standard InChI is InChI=1S/C28H25NO2/c1-30-25-19-17-24(18-20-25)29-26(21-11-5-2-6-12-21)27(22-13-7-3-8-14-22)31-28(29)23-15-9-4-10-16-23/h2-20,26-28H,1H3/t26-,27+,28-/m0/s1. The monoisotopic (exact) mass is 407 g/mol. The van der Waals surface area contributed by atoms with Gasteiger partial charge in [-0.05, 0) is 35.4 Å². The molecule has 31 heavy (non-hydrogen) atoms. The van der Waals surface area contributed by atoms with Crippen LogP contribution in [0, 0.1) is 0 Å². The summed E-state index contributed by atoms with van der Waals surface area (Å²) < 4.78 is 12.2. The number of hydrogen-bond donors (Lipinski definition) is 0. The molecule has 5 rings (SSSR count). The topological polar surface area (TPSA) is 21.7 Å². The molecule has 0 spiro atoms. The average Bonchev–Trinajstić information content (AvgIpc) is 3.26. The highest BCUT2D eigenvalue weighted by atomic mass is 16.5. The second-order valence-electron chi connectivity index (χ2n) is 7.69. The summed E-state index contributed by atoms with van der Waals surface area (Å²) in [6, 6.07) is 39.9. The SMILES string of the molecule is COc1ccc(N2[C@H](c3ccccc3)O[C@H](c3ccccc3)[C@@H]2c2ccccc2)cc1. The Kier molecular flexibility index (Phi) is 5.42. The van der Waals surface area contributed by atoms with Gasteiger partial charge in [0.15, 0.2) is 6.23 Å². The third-order valence-corrected chi connectivity index (χ3v) is 5.84. The molecule has 4 aromatic carbocycles. The summed E-state index contributed by atoms with van der Waals surface area (Å²) in [4.78, 5) is 2.39. The van der Waals surface area contributed by atoms with Gasteiger partial charge < -0.3 is 14.4 Å². The summed E-state index contributed by atoms with van der Waals surface area (Å²) in [5, 5.41) is 0. The van der Waals surface area contributed by atoms with E-state index in [-0.39, 0.29) is 18.4 Å². The molecule has 4 aromatic rings. The van der Waals surface area contributed by atoms with Gasteiger partial charge in [-0.25, -0.2) is 0 Å². The van der Waals surface area contributed by atoms with Crippen molar-refractivity contribution in [1.82, 2.24) is 0 Å². The molecule has 1 aliphatic rings. The third kappa shape index (κ3) is 3.80. The van der Waals surface area contributed by atoms with Crippen LogP contribution in [0.25, 0.3) is 0 Å². The maximum atomic E-state index is 6.82. The van der Waals surface area contributed by atoms with Gasteiger partial charge in [0.25, 0.3) is 0 Å². The summed E-state index contributed by atoms with van der Waals surface area (Å²) in [5.41, 5.74) is 4.64. The van der Waals surface area contributed by atoms with Crippen LogP contribution in [0.2, 0.25) is 0 Å². The molecule has 1 heterocycles. The van der Waals surface area contributed by atoms with Crippen molar-refractivity contribution in [2.75, 3.05) is 12.0 Å². The van der Waals surface area contributed by atoms with Crippen molar-refractivity contribution in [1.29, 1.82) is 0 Å². The molecule has 0 unspecified atom stereocenters. The molecule has 0 bridgehead atoms. The fraction of sp³-hybridized carbons (Fsp3) is 0.143. The Labute approximate surface area is 183 Å². The lowest BCUT2D eigenvalue weighted by Crippen LogP contribution is -2.27. The zero-order chi connectivity index (χ0) is 21.0. The minimum atomic E-state index is -0.204. The molecule has 0 radical (unpaired) electrons. The summed E-state index contributed by atoms with van der Waals surface area (Å²) in [6.45, 7) is 0. The van der Waals surface area contributed by atoms with Gasteiger partial charge in [-0.3, -0.25) is 0 Å². The third-order valence-electron chi connectivity index (χ3n) is 5.84. The minimum Gasteiger partial charge on any atom is -0.497 e. The van der Waals surface area contributed by atoms with Gasteiger partial charge in [0.1, 0.15) is 11.9 Å². The first kappa shape index (κ1) is 19.4. The van der Waals surface area contributed by atoms with Gasteiger partial charge in [-0.15, -0.1) is 0 Å². The first-order valence-electron chi connectivity index (χ1n) is 10.6. The zero-order valence-corrected chi connectivity index (χ0v) is 17.5. The fourth-order valence-electron chi connectivity index (χ4n) is 4.37. The van der Waals surface area contributed by atoms with Gasteiger partial charge in [-0.2, -0.15) is 0 Å². The van der Waals surface area contributed by atoms with Crippen LogP contribution in [0.4, 0.5) is 5.69 Å². The van der Waals surface area contributed by atoms with Crippen LogP contribution in [0.15, 0.2) is 115 Å². The van der Waals surface area contributed by atoms with Crippen molar-refractivity contribution in [3.63, 3.8) is 0 Å². The Morgan fingerprint density at radius 2 is 1.13 bits per heavy atom. The van der Waals surface area contributed by atoms with E-state index in [1.54, 1.807) is 7.11 Å². The van der Waals surface area contributed by atoms with Gasteiger partial charge in [0, 0.05) is 11.3 Å². The Bertz CT molecular complexity index is 1100. The summed E-state index contributed by atoms with van der Waals surface area (Å²) in [6.07, 6.45) is -0.305. The number of rotatable bonds is 5. The van der Waals surface area contributed by atoms with Crippen LogP contribution in [0.3, 0.4) is 0 Å². The van der Waals surface area contributed by atoms with Crippen molar-refractivity contribution < 1.29 is 9.47 Å².